The van der Waals surface area contributed by atoms with Gasteiger partial charge in [-0.1, -0.05) is 0 Å². The number of anilines is 1. The minimum absolute atomic E-state index is 0.0595. The van der Waals surface area contributed by atoms with E-state index in [0.29, 0.717) is 0 Å². The fourth-order valence-corrected chi connectivity index (χ4v) is 1.41. The van der Waals surface area contributed by atoms with Crippen LogP contribution < -0.4 is 10.6 Å². The minimum Gasteiger partial charge on any atom is -0.365 e. The molecule has 1 heterocycles. The van der Waals surface area contributed by atoms with Gasteiger partial charge in [-0.2, -0.15) is 0 Å². The van der Waals surface area contributed by atoms with Gasteiger partial charge in [-0.05, 0) is 51.9 Å². The molecule has 0 atom stereocenters. The lowest BCUT2D eigenvalue weighted by Gasteiger charge is -2.21. The Kier molecular flexibility index (Phi) is 3.69. The quantitative estimate of drug-likeness (QED) is 0.798. The fourth-order valence-electron chi connectivity index (χ4n) is 1.41. The van der Waals surface area contributed by atoms with E-state index in [9.17, 15) is 0 Å². The van der Waals surface area contributed by atoms with Gasteiger partial charge in [0, 0.05) is 18.3 Å². The summed E-state index contributed by atoms with van der Waals surface area (Å²) in [6.07, 6.45) is 1.93. The third-order valence-electron chi connectivity index (χ3n) is 2.09. The smallest absolute Gasteiger partial charge is 0.126 e. The molecule has 15 heavy (non-hydrogen) atoms. The highest BCUT2D eigenvalue weighted by Crippen LogP contribution is 2.15. The lowest BCUT2D eigenvalue weighted by atomic mass is 10.1. The summed E-state index contributed by atoms with van der Waals surface area (Å²) in [6, 6.07) is 2.10. The maximum atomic E-state index is 4.39. The third kappa shape index (κ3) is 3.88. The van der Waals surface area contributed by atoms with Crippen molar-refractivity contribution in [2.24, 2.45) is 0 Å². The van der Waals surface area contributed by atoms with E-state index in [1.807, 2.05) is 13.2 Å². The number of hydrogen-bond donors (Lipinski definition) is 2. The van der Waals surface area contributed by atoms with E-state index in [4.69, 9.17) is 0 Å². The first kappa shape index (κ1) is 12.0. The molecule has 0 fully saturated rings. The summed E-state index contributed by atoms with van der Waals surface area (Å²) in [5, 5.41) is 6.49. The van der Waals surface area contributed by atoms with Gasteiger partial charge in [0.2, 0.25) is 0 Å². The molecule has 1 rings (SSSR count). The molecule has 3 nitrogen and oxygen atoms in total. The number of hydrogen-bond acceptors (Lipinski definition) is 3. The van der Waals surface area contributed by atoms with Crippen LogP contribution in [-0.4, -0.2) is 17.6 Å². The molecule has 0 aliphatic heterocycles. The van der Waals surface area contributed by atoms with Crippen molar-refractivity contribution in [1.82, 2.24) is 10.3 Å². The second-order valence-electron chi connectivity index (χ2n) is 4.90. The van der Waals surface area contributed by atoms with Crippen molar-refractivity contribution in [3.8, 4) is 0 Å². The standard InChI is InChI=1S/C12H21N3/c1-9-6-11(15-12(2,3)4)14-8-10(9)7-13-5/h6,8,13H,7H2,1-5H3,(H,14,15). The van der Waals surface area contributed by atoms with Crippen LogP contribution in [0.3, 0.4) is 0 Å². The van der Waals surface area contributed by atoms with Gasteiger partial charge in [-0.25, -0.2) is 4.98 Å². The Labute approximate surface area is 92.3 Å². The lowest BCUT2D eigenvalue weighted by molar-refractivity contribution is 0.630. The predicted octanol–water partition coefficient (Wildman–Crippen LogP) is 2.32. The average molecular weight is 207 g/mol. The summed E-state index contributed by atoms with van der Waals surface area (Å²) in [5.41, 5.74) is 2.58. The topological polar surface area (TPSA) is 37.0 Å². The van der Waals surface area contributed by atoms with E-state index in [2.05, 4.69) is 49.4 Å². The van der Waals surface area contributed by atoms with Crippen LogP contribution in [0.2, 0.25) is 0 Å². The molecule has 0 amide bonds. The number of pyridine rings is 1. The van der Waals surface area contributed by atoms with Crippen LogP contribution in [0.1, 0.15) is 31.9 Å². The molecule has 2 N–H and O–H groups in total. The van der Waals surface area contributed by atoms with Crippen LogP contribution in [0, 0.1) is 6.92 Å². The van der Waals surface area contributed by atoms with E-state index in [1.54, 1.807) is 0 Å². The van der Waals surface area contributed by atoms with Crippen molar-refractivity contribution in [3.63, 3.8) is 0 Å². The van der Waals surface area contributed by atoms with Gasteiger partial charge >= 0.3 is 0 Å². The summed E-state index contributed by atoms with van der Waals surface area (Å²) in [7, 11) is 1.95. The zero-order valence-electron chi connectivity index (χ0n) is 10.3. The van der Waals surface area contributed by atoms with E-state index in [1.165, 1.54) is 11.1 Å². The van der Waals surface area contributed by atoms with E-state index >= 15 is 0 Å². The van der Waals surface area contributed by atoms with E-state index in [-0.39, 0.29) is 5.54 Å². The maximum absolute atomic E-state index is 4.39. The predicted molar refractivity (Wildman–Crippen MR) is 65.1 cm³/mol. The molecular weight excluding hydrogens is 186 g/mol. The van der Waals surface area contributed by atoms with Gasteiger partial charge in [0.1, 0.15) is 5.82 Å². The Morgan fingerprint density at radius 1 is 1.33 bits per heavy atom. The number of rotatable bonds is 3. The molecule has 1 aromatic heterocycles. The Morgan fingerprint density at radius 2 is 2.00 bits per heavy atom. The molecule has 0 saturated carbocycles. The molecule has 0 radical (unpaired) electrons. The molecule has 0 spiro atoms. The number of aryl methyl sites for hydroxylation is 1. The molecular formula is C12H21N3. The lowest BCUT2D eigenvalue weighted by Crippen LogP contribution is -2.26. The third-order valence-corrected chi connectivity index (χ3v) is 2.09. The molecule has 3 heteroatoms. The molecule has 0 bridgehead atoms. The SMILES string of the molecule is CNCc1cnc(NC(C)(C)C)cc1C. The number of aromatic nitrogens is 1. The van der Waals surface area contributed by atoms with Crippen LogP contribution >= 0.6 is 0 Å². The Balaban J connectivity index is 2.82. The molecule has 0 aromatic carbocycles. The monoisotopic (exact) mass is 207 g/mol. The largest absolute Gasteiger partial charge is 0.365 e. The van der Waals surface area contributed by atoms with Crippen molar-refractivity contribution in [3.05, 3.63) is 23.4 Å². The molecule has 0 unspecified atom stereocenters. The highest BCUT2D eigenvalue weighted by molar-refractivity contribution is 5.42. The summed E-state index contributed by atoms with van der Waals surface area (Å²) in [5.74, 6) is 0.944. The Hall–Kier alpha value is -1.09. The van der Waals surface area contributed by atoms with Crippen LogP contribution in [0.4, 0.5) is 5.82 Å². The van der Waals surface area contributed by atoms with Crippen molar-refractivity contribution < 1.29 is 0 Å². The Morgan fingerprint density at radius 3 is 2.47 bits per heavy atom. The zero-order chi connectivity index (χ0) is 11.5. The van der Waals surface area contributed by atoms with Gasteiger partial charge < -0.3 is 10.6 Å². The minimum atomic E-state index is 0.0595. The summed E-state index contributed by atoms with van der Waals surface area (Å²) in [4.78, 5) is 4.39. The molecule has 84 valence electrons. The van der Waals surface area contributed by atoms with Gasteiger partial charge in [-0.15, -0.1) is 0 Å². The van der Waals surface area contributed by atoms with Crippen LogP contribution in [0.15, 0.2) is 12.3 Å². The normalized spacial score (nSPS) is 11.5. The zero-order valence-corrected chi connectivity index (χ0v) is 10.3. The molecule has 0 aliphatic rings. The summed E-state index contributed by atoms with van der Waals surface area (Å²) < 4.78 is 0. The number of nitrogens with zero attached hydrogens (tertiary/aromatic N) is 1. The van der Waals surface area contributed by atoms with Gasteiger partial charge in [0.15, 0.2) is 0 Å². The Bertz CT molecular complexity index is 326. The molecule has 0 aliphatic carbocycles. The van der Waals surface area contributed by atoms with Gasteiger partial charge in [-0.3, -0.25) is 0 Å². The van der Waals surface area contributed by atoms with Crippen molar-refractivity contribution in [2.75, 3.05) is 12.4 Å². The summed E-state index contributed by atoms with van der Waals surface area (Å²) >= 11 is 0. The highest BCUT2D eigenvalue weighted by atomic mass is 15.0. The number of nitrogens with one attached hydrogen (secondary N) is 2. The van der Waals surface area contributed by atoms with Crippen LogP contribution in [0.25, 0.3) is 0 Å². The first-order valence-electron chi connectivity index (χ1n) is 5.30. The maximum Gasteiger partial charge on any atom is 0.126 e. The van der Waals surface area contributed by atoms with Crippen LogP contribution in [0.5, 0.6) is 0 Å². The molecule has 1 aromatic rings. The van der Waals surface area contributed by atoms with Gasteiger partial charge in [0.25, 0.3) is 0 Å². The van der Waals surface area contributed by atoms with Crippen molar-refractivity contribution >= 4 is 5.82 Å². The first-order chi connectivity index (χ1) is 6.92. The first-order valence-corrected chi connectivity index (χ1v) is 5.30. The van der Waals surface area contributed by atoms with E-state index in [0.717, 1.165) is 12.4 Å². The second-order valence-corrected chi connectivity index (χ2v) is 4.90. The fraction of sp³-hybridized carbons (Fsp3) is 0.583. The summed E-state index contributed by atoms with van der Waals surface area (Å²) in [6.45, 7) is 9.37. The van der Waals surface area contributed by atoms with Crippen LogP contribution in [-0.2, 0) is 6.54 Å². The van der Waals surface area contributed by atoms with Crippen molar-refractivity contribution in [1.29, 1.82) is 0 Å². The van der Waals surface area contributed by atoms with Crippen molar-refractivity contribution in [2.45, 2.75) is 39.8 Å². The molecule has 0 saturated heterocycles. The highest BCUT2D eigenvalue weighted by Gasteiger charge is 2.10. The van der Waals surface area contributed by atoms with E-state index < -0.39 is 0 Å². The van der Waals surface area contributed by atoms with Gasteiger partial charge in [0.05, 0.1) is 0 Å². The average Bonchev–Trinajstić information content (AvgIpc) is 2.07. The second kappa shape index (κ2) is 4.62.